The second-order valence-corrected chi connectivity index (χ2v) is 11.6. The first-order valence-electron chi connectivity index (χ1n) is 14.2. The maximum Gasteiger partial charge on any atom is 0.345 e. The molecule has 5 aromatic rings. The van der Waals surface area contributed by atoms with Gasteiger partial charge in [0.25, 0.3) is 0 Å². The van der Waals surface area contributed by atoms with Crippen molar-refractivity contribution in [3.63, 3.8) is 0 Å². The summed E-state index contributed by atoms with van der Waals surface area (Å²) in [6.45, 7) is 4.86. The summed E-state index contributed by atoms with van der Waals surface area (Å²) in [7, 11) is 3.75. The molecule has 1 fully saturated rings. The number of morpholine rings is 1. The molecular weight excluding hydrogens is 598 g/mol. The molecule has 0 radical (unpaired) electrons. The van der Waals surface area contributed by atoms with Gasteiger partial charge < -0.3 is 28.9 Å². The molecule has 0 spiro atoms. The third-order valence-corrected chi connectivity index (χ3v) is 9.07. The lowest BCUT2D eigenvalue weighted by atomic mass is 10.0. The number of halogens is 1. The maximum absolute atomic E-state index is 12.0. The number of anilines is 2. The van der Waals surface area contributed by atoms with Crippen LogP contribution >= 0.6 is 23.7 Å². The van der Waals surface area contributed by atoms with Crippen LogP contribution in [0.4, 0.5) is 11.4 Å². The number of carbonyl (C=O) groups excluding carboxylic acids is 1. The van der Waals surface area contributed by atoms with Crippen LogP contribution in [0.5, 0.6) is 5.75 Å². The van der Waals surface area contributed by atoms with Gasteiger partial charge >= 0.3 is 5.97 Å². The third kappa shape index (κ3) is 6.04. The summed E-state index contributed by atoms with van der Waals surface area (Å²) in [5.74, 6) is -0.220. The van der Waals surface area contributed by atoms with Crippen molar-refractivity contribution in [3.05, 3.63) is 89.3 Å². The van der Waals surface area contributed by atoms with Gasteiger partial charge in [-0.2, -0.15) is 0 Å². The van der Waals surface area contributed by atoms with Crippen LogP contribution in [0, 0.1) is 0 Å². The third-order valence-electron chi connectivity index (χ3n) is 7.94. The van der Waals surface area contributed by atoms with Gasteiger partial charge in [0.05, 0.1) is 29.1 Å². The highest BCUT2D eigenvalue weighted by Crippen LogP contribution is 2.44. The Morgan fingerprint density at radius 1 is 0.977 bits per heavy atom. The maximum atomic E-state index is 12.0. The van der Waals surface area contributed by atoms with Gasteiger partial charge in [-0.3, -0.25) is 4.79 Å². The molecule has 3 heterocycles. The number of aryl methyl sites for hydroxylation is 1. The Bertz CT molecular complexity index is 1790. The highest BCUT2D eigenvalue weighted by Gasteiger charge is 2.23. The van der Waals surface area contributed by atoms with Gasteiger partial charge in [-0.1, -0.05) is 30.3 Å². The Balaban J connectivity index is 0.00000384. The number of carboxylic acids is 1. The molecule has 0 unspecified atom stereocenters. The first-order chi connectivity index (χ1) is 20.8. The molecule has 0 aliphatic carbocycles. The molecule has 1 aliphatic heterocycles. The lowest BCUT2D eigenvalue weighted by Crippen LogP contribution is -2.37. The molecular formula is C34H34ClN3O5S. The van der Waals surface area contributed by atoms with Crippen molar-refractivity contribution in [3.8, 4) is 28.1 Å². The summed E-state index contributed by atoms with van der Waals surface area (Å²) in [5, 5.41) is 9.63. The molecule has 1 aliphatic rings. The lowest BCUT2D eigenvalue weighted by molar-refractivity contribution is -0.116. The lowest BCUT2D eigenvalue weighted by Gasteiger charge is -2.31. The van der Waals surface area contributed by atoms with E-state index in [2.05, 4.69) is 27.7 Å². The second kappa shape index (κ2) is 13.1. The zero-order valence-corrected chi connectivity index (χ0v) is 26.4. The fourth-order valence-electron chi connectivity index (χ4n) is 5.58. The number of nitrogens with zero attached hydrogens (tertiary/aromatic N) is 3. The summed E-state index contributed by atoms with van der Waals surface area (Å²) in [6, 6.07) is 25.9. The fraction of sp³-hybridized carbons (Fsp3) is 0.235. The van der Waals surface area contributed by atoms with E-state index in [0.717, 1.165) is 68.4 Å². The number of ether oxygens (including phenoxy) is 2. The summed E-state index contributed by atoms with van der Waals surface area (Å²) in [4.78, 5) is 28.0. The van der Waals surface area contributed by atoms with E-state index in [9.17, 15) is 14.7 Å². The molecule has 10 heteroatoms. The number of aromatic carboxylic acids is 1. The highest BCUT2D eigenvalue weighted by atomic mass is 35.5. The number of carbonyl (C=O) groups is 2. The predicted molar refractivity (Wildman–Crippen MR) is 179 cm³/mol. The van der Waals surface area contributed by atoms with Crippen LogP contribution in [-0.2, 0) is 23.2 Å². The smallest absolute Gasteiger partial charge is 0.345 e. The number of carboxylic acid groups (broad SMARTS) is 1. The van der Waals surface area contributed by atoms with Crippen LogP contribution in [0.25, 0.3) is 32.6 Å². The molecule has 228 valence electrons. The van der Waals surface area contributed by atoms with Gasteiger partial charge in [-0.25, -0.2) is 4.79 Å². The number of hydrogen-bond acceptors (Lipinski definition) is 6. The number of fused-ring (bicyclic) bond motifs is 1. The van der Waals surface area contributed by atoms with Crippen molar-refractivity contribution < 1.29 is 24.2 Å². The van der Waals surface area contributed by atoms with Crippen LogP contribution in [0.15, 0.2) is 78.9 Å². The number of thiophene rings is 1. The quantitative estimate of drug-likeness (QED) is 0.197. The van der Waals surface area contributed by atoms with Gasteiger partial charge in [0.1, 0.15) is 17.2 Å². The molecule has 1 amide bonds. The molecule has 1 saturated heterocycles. The highest BCUT2D eigenvalue weighted by molar-refractivity contribution is 7.21. The van der Waals surface area contributed by atoms with Gasteiger partial charge in [0, 0.05) is 56.6 Å². The standard InChI is InChI=1S/C34H33N3O5S.ClH/c1-22(38)35(2)26-11-14-28(37-15-17-41-18-16-37)25(19-26)21-42-27-12-9-24(10-13-27)32-31(23-7-5-4-6-8-23)33-29(36(32)3)20-30(43-33)34(39)40;/h4-14,19-20H,15-18,21H2,1-3H3,(H,39,40);1H. The number of amides is 1. The average molecular weight is 632 g/mol. The Morgan fingerprint density at radius 2 is 1.68 bits per heavy atom. The van der Waals surface area contributed by atoms with Gasteiger partial charge in [0.2, 0.25) is 5.91 Å². The minimum Gasteiger partial charge on any atom is -0.489 e. The molecule has 0 saturated carbocycles. The zero-order chi connectivity index (χ0) is 30.1. The number of aromatic nitrogens is 1. The topological polar surface area (TPSA) is 84.2 Å². The molecule has 0 atom stereocenters. The van der Waals surface area contributed by atoms with Crippen molar-refractivity contribution in [1.29, 1.82) is 0 Å². The largest absolute Gasteiger partial charge is 0.489 e. The number of benzene rings is 3. The van der Waals surface area contributed by atoms with Crippen molar-refractivity contribution in [2.75, 3.05) is 43.2 Å². The van der Waals surface area contributed by atoms with E-state index in [1.54, 1.807) is 24.9 Å². The van der Waals surface area contributed by atoms with E-state index in [1.807, 2.05) is 61.6 Å². The Hall–Kier alpha value is -4.31. The molecule has 8 nitrogen and oxygen atoms in total. The van der Waals surface area contributed by atoms with Crippen molar-refractivity contribution >= 4 is 57.2 Å². The summed E-state index contributed by atoms with van der Waals surface area (Å²) < 4.78 is 14.9. The number of hydrogen-bond donors (Lipinski definition) is 1. The minimum absolute atomic E-state index is 0. The van der Waals surface area contributed by atoms with Gasteiger partial charge in [-0.15, -0.1) is 23.7 Å². The van der Waals surface area contributed by atoms with E-state index in [4.69, 9.17) is 9.47 Å². The van der Waals surface area contributed by atoms with Gasteiger partial charge in [-0.05, 0) is 59.7 Å². The summed E-state index contributed by atoms with van der Waals surface area (Å²) in [6.07, 6.45) is 0. The van der Waals surface area contributed by atoms with E-state index < -0.39 is 5.97 Å². The van der Waals surface area contributed by atoms with Crippen molar-refractivity contribution in [1.82, 2.24) is 4.57 Å². The first-order valence-corrected chi connectivity index (χ1v) is 15.0. The summed E-state index contributed by atoms with van der Waals surface area (Å²) in [5.41, 5.74) is 7.87. The van der Waals surface area contributed by atoms with E-state index in [-0.39, 0.29) is 18.3 Å². The molecule has 3 aromatic carbocycles. The Kier molecular flexibility index (Phi) is 9.29. The normalized spacial score (nSPS) is 13.0. The molecule has 44 heavy (non-hydrogen) atoms. The fourth-order valence-corrected chi connectivity index (χ4v) is 6.68. The Labute approximate surface area is 266 Å². The van der Waals surface area contributed by atoms with Crippen LogP contribution in [0.3, 0.4) is 0 Å². The zero-order valence-electron chi connectivity index (χ0n) is 24.8. The van der Waals surface area contributed by atoms with Gasteiger partial charge in [0.15, 0.2) is 0 Å². The van der Waals surface area contributed by atoms with Crippen LogP contribution < -0.4 is 14.5 Å². The molecule has 1 N–H and O–H groups in total. The van der Waals surface area contributed by atoms with E-state index in [0.29, 0.717) is 24.7 Å². The molecule has 2 aromatic heterocycles. The number of rotatable bonds is 8. The summed E-state index contributed by atoms with van der Waals surface area (Å²) >= 11 is 1.30. The monoisotopic (exact) mass is 631 g/mol. The molecule has 6 rings (SSSR count). The van der Waals surface area contributed by atoms with Crippen molar-refractivity contribution in [2.45, 2.75) is 13.5 Å². The first kappa shape index (κ1) is 31.1. The van der Waals surface area contributed by atoms with Crippen LogP contribution in [0.2, 0.25) is 0 Å². The second-order valence-electron chi connectivity index (χ2n) is 10.6. The van der Waals surface area contributed by atoms with Crippen LogP contribution in [-0.4, -0.2) is 54.9 Å². The van der Waals surface area contributed by atoms with E-state index >= 15 is 0 Å². The SMILES string of the molecule is CC(=O)N(C)c1ccc(N2CCOCC2)c(COc2ccc(-c3c(-c4ccccc4)c4sc(C(=O)O)cc4n3C)cc2)c1.Cl. The Morgan fingerprint density at radius 3 is 2.34 bits per heavy atom. The molecule has 0 bridgehead atoms. The van der Waals surface area contributed by atoms with Crippen molar-refractivity contribution in [2.24, 2.45) is 7.05 Å². The predicted octanol–water partition coefficient (Wildman–Crippen LogP) is 7.09. The minimum atomic E-state index is -0.918. The van der Waals surface area contributed by atoms with E-state index in [1.165, 1.54) is 11.3 Å². The van der Waals surface area contributed by atoms with Crippen LogP contribution in [0.1, 0.15) is 22.2 Å². The average Bonchev–Trinajstić information content (AvgIpc) is 3.59.